The number of anilines is 1. The highest BCUT2D eigenvalue weighted by molar-refractivity contribution is 8.00. The molecule has 0 aliphatic carbocycles. The van der Waals surface area contributed by atoms with Crippen LogP contribution < -0.4 is 20.1 Å². The quantitative estimate of drug-likeness (QED) is 0.611. The van der Waals surface area contributed by atoms with Crippen molar-refractivity contribution in [3.05, 3.63) is 29.5 Å². The number of thiazole rings is 1. The molecule has 27 heavy (non-hydrogen) atoms. The van der Waals surface area contributed by atoms with Gasteiger partial charge in [0.25, 0.3) is 11.8 Å². The van der Waals surface area contributed by atoms with Gasteiger partial charge in [-0.25, -0.2) is 4.98 Å². The van der Waals surface area contributed by atoms with Crippen LogP contribution in [0.25, 0.3) is 0 Å². The Morgan fingerprint density at radius 3 is 2.63 bits per heavy atom. The molecule has 2 N–H and O–H groups in total. The number of hydrogen-bond donors (Lipinski definition) is 2. The van der Waals surface area contributed by atoms with Crippen LogP contribution in [0.3, 0.4) is 0 Å². The van der Waals surface area contributed by atoms with Crippen LogP contribution in [0, 0.1) is 0 Å². The largest absolute Gasteiger partial charge is 0.497 e. The molecule has 0 saturated heterocycles. The van der Waals surface area contributed by atoms with Gasteiger partial charge < -0.3 is 24.8 Å². The van der Waals surface area contributed by atoms with Crippen molar-refractivity contribution in [2.45, 2.75) is 10.9 Å². The molecule has 0 fully saturated rings. The van der Waals surface area contributed by atoms with Gasteiger partial charge in [0.2, 0.25) is 0 Å². The predicted molar refractivity (Wildman–Crippen MR) is 105 cm³/mol. The third-order valence-electron chi connectivity index (χ3n) is 3.46. The highest BCUT2D eigenvalue weighted by atomic mass is 32.2. The number of thioether (sulfide) groups is 1. The molecule has 2 amide bonds. The number of carbonyl (C=O) groups excluding carboxylic acids is 2. The van der Waals surface area contributed by atoms with Gasteiger partial charge in [-0.2, -0.15) is 0 Å². The summed E-state index contributed by atoms with van der Waals surface area (Å²) in [5.41, 5.74) is 0.957. The van der Waals surface area contributed by atoms with Crippen molar-refractivity contribution in [2.75, 3.05) is 39.5 Å². The summed E-state index contributed by atoms with van der Waals surface area (Å²) in [5.74, 6) is 0.525. The Morgan fingerprint density at radius 2 is 2.00 bits per heavy atom. The minimum Gasteiger partial charge on any atom is -0.497 e. The third kappa shape index (κ3) is 5.59. The van der Waals surface area contributed by atoms with Crippen molar-refractivity contribution in [1.29, 1.82) is 0 Å². The zero-order chi connectivity index (χ0) is 19.8. The van der Waals surface area contributed by atoms with Crippen molar-refractivity contribution < 1.29 is 23.8 Å². The average molecular weight is 412 g/mol. The molecular formula is C17H21N3O5S2. The van der Waals surface area contributed by atoms with Gasteiger partial charge in [0.05, 0.1) is 14.2 Å². The molecule has 1 heterocycles. The zero-order valence-corrected chi connectivity index (χ0v) is 17.1. The van der Waals surface area contributed by atoms with E-state index in [9.17, 15) is 9.59 Å². The van der Waals surface area contributed by atoms with Gasteiger partial charge in [-0.1, -0.05) is 23.1 Å². The smallest absolute Gasteiger partial charge is 0.273 e. The lowest BCUT2D eigenvalue weighted by Gasteiger charge is -2.11. The molecule has 1 aromatic heterocycles. The molecule has 10 heteroatoms. The maximum atomic E-state index is 12.6. The van der Waals surface area contributed by atoms with Crippen molar-refractivity contribution in [2.24, 2.45) is 0 Å². The molecule has 146 valence electrons. The van der Waals surface area contributed by atoms with Crippen LogP contribution in [0.15, 0.2) is 22.5 Å². The summed E-state index contributed by atoms with van der Waals surface area (Å²) in [6.07, 6.45) is 1.85. The van der Waals surface area contributed by atoms with E-state index >= 15 is 0 Å². The van der Waals surface area contributed by atoms with Gasteiger partial charge in [0, 0.05) is 25.3 Å². The summed E-state index contributed by atoms with van der Waals surface area (Å²) < 4.78 is 16.0. The number of nitrogens with zero attached hydrogens (tertiary/aromatic N) is 1. The van der Waals surface area contributed by atoms with E-state index in [-0.39, 0.29) is 24.8 Å². The van der Waals surface area contributed by atoms with Gasteiger partial charge in [0.1, 0.15) is 23.1 Å². The first-order chi connectivity index (χ1) is 13.0. The molecule has 0 unspecified atom stereocenters. The molecular weight excluding hydrogens is 390 g/mol. The van der Waals surface area contributed by atoms with Crippen LogP contribution in [0.1, 0.15) is 16.1 Å². The normalized spacial score (nSPS) is 10.4. The Balaban J connectivity index is 2.13. The first kappa shape index (κ1) is 21.0. The Bertz CT molecular complexity index is 810. The molecule has 0 radical (unpaired) electrons. The van der Waals surface area contributed by atoms with E-state index < -0.39 is 5.91 Å². The van der Waals surface area contributed by atoms with E-state index in [0.717, 1.165) is 5.56 Å². The molecule has 0 saturated carbocycles. The number of carbonyl (C=O) groups is 2. The summed E-state index contributed by atoms with van der Waals surface area (Å²) >= 11 is 2.64. The fraction of sp³-hybridized carbons (Fsp3) is 0.353. The lowest BCUT2D eigenvalue weighted by atomic mass is 10.2. The first-order valence-corrected chi connectivity index (χ1v) is 9.89. The number of benzene rings is 1. The molecule has 0 aliphatic rings. The van der Waals surface area contributed by atoms with Crippen LogP contribution >= 0.6 is 23.1 Å². The van der Waals surface area contributed by atoms with E-state index in [1.54, 1.807) is 26.4 Å². The number of rotatable bonds is 9. The molecule has 0 bridgehead atoms. The average Bonchev–Trinajstić information content (AvgIpc) is 3.08. The number of amides is 2. The fourth-order valence-corrected chi connectivity index (χ4v) is 3.65. The number of methoxy groups -OCH3 is 3. The molecule has 0 spiro atoms. The van der Waals surface area contributed by atoms with Crippen molar-refractivity contribution in [1.82, 2.24) is 10.3 Å². The second-order valence-corrected chi connectivity index (χ2v) is 7.26. The molecule has 2 aromatic rings. The highest BCUT2D eigenvalue weighted by Crippen LogP contribution is 2.30. The van der Waals surface area contributed by atoms with Crippen LogP contribution in [0.5, 0.6) is 11.5 Å². The fourth-order valence-electron chi connectivity index (χ4n) is 2.18. The zero-order valence-electron chi connectivity index (χ0n) is 15.5. The van der Waals surface area contributed by atoms with Crippen molar-refractivity contribution >= 4 is 39.9 Å². The predicted octanol–water partition coefficient (Wildman–Crippen LogP) is 2.40. The Hall–Kier alpha value is -2.30. The standard InChI is InChI=1S/C17H21N3O5S2/c1-23-9-13(21)19-16-14(20-17(26-4)27-16)15(22)18-8-10-5-6-11(24-2)7-12(10)25-3/h5-7H,8-9H2,1-4H3,(H,18,22)(H,19,21). The van der Waals surface area contributed by atoms with Crippen LogP contribution in [0.4, 0.5) is 5.00 Å². The van der Waals surface area contributed by atoms with E-state index in [0.29, 0.717) is 20.8 Å². The van der Waals surface area contributed by atoms with Crippen molar-refractivity contribution in [3.8, 4) is 11.5 Å². The monoisotopic (exact) mass is 411 g/mol. The van der Waals surface area contributed by atoms with E-state index in [1.807, 2.05) is 12.3 Å². The SMILES string of the molecule is COCC(=O)Nc1sc(SC)nc1C(=O)NCc1ccc(OC)cc1OC. The first-order valence-electron chi connectivity index (χ1n) is 7.85. The van der Waals surface area contributed by atoms with E-state index in [2.05, 4.69) is 15.6 Å². The Kier molecular flexibility index (Phi) is 7.89. The summed E-state index contributed by atoms with van der Waals surface area (Å²) in [4.78, 5) is 28.7. The minimum atomic E-state index is -0.392. The summed E-state index contributed by atoms with van der Waals surface area (Å²) in [6.45, 7) is 0.139. The Labute approximate surface area is 165 Å². The molecule has 2 rings (SSSR count). The summed E-state index contributed by atoms with van der Waals surface area (Å²) in [5, 5.41) is 5.85. The topological polar surface area (TPSA) is 98.8 Å². The summed E-state index contributed by atoms with van der Waals surface area (Å²) in [6, 6.07) is 5.34. The maximum absolute atomic E-state index is 12.6. The van der Waals surface area contributed by atoms with Crippen LogP contribution in [-0.2, 0) is 16.1 Å². The van der Waals surface area contributed by atoms with E-state index in [4.69, 9.17) is 14.2 Å². The second-order valence-electron chi connectivity index (χ2n) is 5.20. The third-order valence-corrected chi connectivity index (χ3v) is 5.42. The molecule has 1 aromatic carbocycles. The molecule has 0 aliphatic heterocycles. The lowest BCUT2D eigenvalue weighted by molar-refractivity contribution is -0.119. The molecule has 8 nitrogen and oxygen atoms in total. The van der Waals surface area contributed by atoms with Gasteiger partial charge >= 0.3 is 0 Å². The number of hydrogen-bond acceptors (Lipinski definition) is 8. The summed E-state index contributed by atoms with van der Waals surface area (Å²) in [7, 11) is 4.55. The van der Waals surface area contributed by atoms with E-state index in [1.165, 1.54) is 30.2 Å². The Morgan fingerprint density at radius 1 is 1.22 bits per heavy atom. The van der Waals surface area contributed by atoms with Gasteiger partial charge in [-0.05, 0) is 18.4 Å². The molecule has 0 atom stereocenters. The van der Waals surface area contributed by atoms with Gasteiger partial charge in [-0.15, -0.1) is 0 Å². The van der Waals surface area contributed by atoms with Crippen molar-refractivity contribution in [3.63, 3.8) is 0 Å². The second kappa shape index (κ2) is 10.1. The number of aromatic nitrogens is 1. The number of ether oxygens (including phenoxy) is 3. The van der Waals surface area contributed by atoms with Crippen LogP contribution in [0.2, 0.25) is 0 Å². The van der Waals surface area contributed by atoms with Crippen LogP contribution in [-0.4, -0.2) is 51.0 Å². The van der Waals surface area contributed by atoms with Gasteiger partial charge in [-0.3, -0.25) is 9.59 Å². The highest BCUT2D eigenvalue weighted by Gasteiger charge is 2.20. The minimum absolute atomic E-state index is 0.101. The maximum Gasteiger partial charge on any atom is 0.273 e. The number of nitrogens with one attached hydrogen (secondary N) is 2. The lowest BCUT2D eigenvalue weighted by Crippen LogP contribution is -2.25. The van der Waals surface area contributed by atoms with Gasteiger partial charge in [0.15, 0.2) is 10.0 Å².